The molecular formula is C19H21N3O2. The van der Waals surface area contributed by atoms with Gasteiger partial charge in [-0.15, -0.1) is 0 Å². The Hall–Kier alpha value is -2.82. The first-order valence-corrected chi connectivity index (χ1v) is 7.91. The van der Waals surface area contributed by atoms with Crippen molar-refractivity contribution in [1.82, 2.24) is 9.72 Å². The number of hydrogen-bond donors (Lipinski definition) is 1. The van der Waals surface area contributed by atoms with E-state index in [1.807, 2.05) is 74.1 Å². The van der Waals surface area contributed by atoms with E-state index in [4.69, 9.17) is 4.52 Å². The Morgan fingerprint density at radius 3 is 2.42 bits per heavy atom. The van der Waals surface area contributed by atoms with Gasteiger partial charge in [0.25, 0.3) is 0 Å². The molecular weight excluding hydrogens is 302 g/mol. The molecule has 0 bridgehead atoms. The van der Waals surface area contributed by atoms with Crippen LogP contribution in [0.15, 0.2) is 59.4 Å². The Labute approximate surface area is 141 Å². The molecule has 0 aliphatic carbocycles. The summed E-state index contributed by atoms with van der Waals surface area (Å²) in [7, 11) is 0. The number of carbonyl (C=O) groups excluding carboxylic acids is 1. The molecule has 0 fully saturated rings. The molecule has 0 atom stereocenters. The molecule has 124 valence electrons. The molecule has 0 saturated heterocycles. The van der Waals surface area contributed by atoms with Crippen molar-refractivity contribution in [3.05, 3.63) is 66.2 Å². The van der Waals surface area contributed by atoms with Crippen LogP contribution in [0.25, 0.3) is 5.69 Å². The van der Waals surface area contributed by atoms with Crippen molar-refractivity contribution in [2.24, 2.45) is 0 Å². The van der Waals surface area contributed by atoms with Gasteiger partial charge in [-0.1, -0.05) is 38.1 Å². The molecule has 3 rings (SSSR count). The lowest BCUT2D eigenvalue weighted by Gasteiger charge is -2.12. The standard InChI is InChI=1S/C19H21N3O2/c1-19(2,3)16-13-17(21-24-16)20-18(23)12-14-6-8-15(9-7-14)22-10-4-5-11-22/h4-11,13H,12H2,1-3H3,(H,20,21,23). The average Bonchev–Trinajstić information content (AvgIpc) is 3.18. The summed E-state index contributed by atoms with van der Waals surface area (Å²) in [6.07, 6.45) is 4.27. The van der Waals surface area contributed by atoms with Gasteiger partial charge in [-0.25, -0.2) is 0 Å². The zero-order valence-corrected chi connectivity index (χ0v) is 14.1. The SMILES string of the molecule is CC(C)(C)c1cc(NC(=O)Cc2ccc(-n3cccc3)cc2)no1. The second kappa shape index (κ2) is 6.35. The first-order chi connectivity index (χ1) is 11.4. The number of nitrogens with one attached hydrogen (secondary N) is 1. The smallest absolute Gasteiger partial charge is 0.230 e. The topological polar surface area (TPSA) is 60.1 Å². The van der Waals surface area contributed by atoms with E-state index in [9.17, 15) is 4.79 Å². The zero-order valence-electron chi connectivity index (χ0n) is 14.1. The Morgan fingerprint density at radius 1 is 1.17 bits per heavy atom. The summed E-state index contributed by atoms with van der Waals surface area (Å²) in [5.74, 6) is 1.08. The van der Waals surface area contributed by atoms with E-state index in [2.05, 4.69) is 10.5 Å². The number of aromatic nitrogens is 2. The van der Waals surface area contributed by atoms with E-state index >= 15 is 0 Å². The number of benzene rings is 1. The van der Waals surface area contributed by atoms with E-state index in [-0.39, 0.29) is 11.3 Å². The van der Waals surface area contributed by atoms with Gasteiger partial charge < -0.3 is 14.4 Å². The number of carbonyl (C=O) groups is 1. The van der Waals surface area contributed by atoms with Crippen molar-refractivity contribution in [2.45, 2.75) is 32.6 Å². The predicted octanol–water partition coefficient (Wildman–Crippen LogP) is 3.94. The van der Waals surface area contributed by atoms with Gasteiger partial charge in [0.2, 0.25) is 5.91 Å². The maximum Gasteiger partial charge on any atom is 0.230 e. The molecule has 0 spiro atoms. The number of rotatable bonds is 4. The molecule has 2 aromatic heterocycles. The van der Waals surface area contributed by atoms with Gasteiger partial charge in [0.15, 0.2) is 5.82 Å². The Morgan fingerprint density at radius 2 is 1.83 bits per heavy atom. The summed E-state index contributed by atoms with van der Waals surface area (Å²) in [4.78, 5) is 12.2. The molecule has 0 aliphatic heterocycles. The third-order valence-corrected chi connectivity index (χ3v) is 3.72. The number of nitrogens with zero attached hydrogens (tertiary/aromatic N) is 2. The summed E-state index contributed by atoms with van der Waals surface area (Å²) in [5.41, 5.74) is 1.88. The highest BCUT2D eigenvalue weighted by atomic mass is 16.5. The second-order valence-corrected chi connectivity index (χ2v) is 6.81. The van der Waals surface area contributed by atoms with Crippen LogP contribution < -0.4 is 5.32 Å². The lowest BCUT2D eigenvalue weighted by molar-refractivity contribution is -0.115. The minimum absolute atomic E-state index is 0.113. The third kappa shape index (κ3) is 3.74. The van der Waals surface area contributed by atoms with Crippen LogP contribution in [0.4, 0.5) is 5.82 Å². The normalized spacial score (nSPS) is 11.5. The van der Waals surface area contributed by atoms with Crippen LogP contribution in [0, 0.1) is 0 Å². The van der Waals surface area contributed by atoms with E-state index in [0.717, 1.165) is 17.0 Å². The van der Waals surface area contributed by atoms with Crippen LogP contribution in [0.1, 0.15) is 32.1 Å². The van der Waals surface area contributed by atoms with Gasteiger partial charge in [0, 0.05) is 29.6 Å². The minimum atomic E-state index is -0.135. The van der Waals surface area contributed by atoms with E-state index in [1.165, 1.54) is 0 Å². The molecule has 24 heavy (non-hydrogen) atoms. The van der Waals surface area contributed by atoms with Crippen molar-refractivity contribution in [3.63, 3.8) is 0 Å². The summed E-state index contributed by atoms with van der Waals surface area (Å²) in [6.45, 7) is 6.10. The molecule has 1 N–H and O–H groups in total. The molecule has 1 aromatic carbocycles. The molecule has 0 aliphatic rings. The first kappa shape index (κ1) is 16.1. The number of hydrogen-bond acceptors (Lipinski definition) is 3. The van der Waals surface area contributed by atoms with E-state index < -0.39 is 0 Å². The Kier molecular flexibility index (Phi) is 4.25. The fraction of sp³-hybridized carbons (Fsp3) is 0.263. The summed E-state index contributed by atoms with van der Waals surface area (Å²) < 4.78 is 7.29. The van der Waals surface area contributed by atoms with Crippen LogP contribution in [0.3, 0.4) is 0 Å². The predicted molar refractivity (Wildman–Crippen MR) is 93.3 cm³/mol. The van der Waals surface area contributed by atoms with Gasteiger partial charge in [-0.3, -0.25) is 4.79 Å². The van der Waals surface area contributed by atoms with Crippen molar-refractivity contribution < 1.29 is 9.32 Å². The first-order valence-electron chi connectivity index (χ1n) is 7.91. The highest BCUT2D eigenvalue weighted by Gasteiger charge is 2.20. The third-order valence-electron chi connectivity index (χ3n) is 3.72. The van der Waals surface area contributed by atoms with Gasteiger partial charge in [0.1, 0.15) is 5.76 Å². The highest BCUT2D eigenvalue weighted by molar-refractivity contribution is 5.91. The molecule has 5 nitrogen and oxygen atoms in total. The molecule has 3 aromatic rings. The van der Waals surface area contributed by atoms with Crippen LogP contribution in [0.2, 0.25) is 0 Å². The molecule has 0 saturated carbocycles. The average molecular weight is 323 g/mol. The number of anilines is 1. The quantitative estimate of drug-likeness (QED) is 0.791. The molecule has 0 unspecified atom stereocenters. The van der Waals surface area contributed by atoms with Crippen molar-refractivity contribution in [1.29, 1.82) is 0 Å². The summed E-state index contributed by atoms with van der Waals surface area (Å²) in [5, 5.41) is 6.68. The van der Waals surface area contributed by atoms with E-state index in [0.29, 0.717) is 12.2 Å². The van der Waals surface area contributed by atoms with E-state index in [1.54, 1.807) is 6.07 Å². The lowest BCUT2D eigenvalue weighted by atomic mass is 9.93. The van der Waals surface area contributed by atoms with Crippen molar-refractivity contribution in [2.75, 3.05) is 5.32 Å². The number of amides is 1. The monoisotopic (exact) mass is 323 g/mol. The Balaban J connectivity index is 1.61. The maximum absolute atomic E-state index is 12.2. The molecule has 5 heteroatoms. The van der Waals surface area contributed by atoms with Crippen LogP contribution in [0.5, 0.6) is 0 Å². The fourth-order valence-electron chi connectivity index (χ4n) is 2.35. The molecule has 1 amide bonds. The van der Waals surface area contributed by atoms with Gasteiger partial charge in [0.05, 0.1) is 6.42 Å². The van der Waals surface area contributed by atoms with Gasteiger partial charge in [-0.05, 0) is 29.8 Å². The van der Waals surface area contributed by atoms with Crippen molar-refractivity contribution in [3.8, 4) is 5.69 Å². The lowest BCUT2D eigenvalue weighted by Crippen LogP contribution is -2.14. The molecule has 0 radical (unpaired) electrons. The Bertz CT molecular complexity index is 809. The second-order valence-electron chi connectivity index (χ2n) is 6.81. The maximum atomic E-state index is 12.2. The van der Waals surface area contributed by atoms with Crippen LogP contribution in [-0.4, -0.2) is 15.6 Å². The van der Waals surface area contributed by atoms with Crippen LogP contribution in [-0.2, 0) is 16.6 Å². The zero-order chi connectivity index (χ0) is 17.2. The van der Waals surface area contributed by atoms with Crippen molar-refractivity contribution >= 4 is 11.7 Å². The highest BCUT2D eigenvalue weighted by Crippen LogP contribution is 2.24. The van der Waals surface area contributed by atoms with Crippen LogP contribution >= 0.6 is 0 Å². The fourth-order valence-corrected chi connectivity index (χ4v) is 2.35. The summed E-state index contributed by atoms with van der Waals surface area (Å²) in [6, 6.07) is 13.6. The summed E-state index contributed by atoms with van der Waals surface area (Å²) >= 11 is 0. The largest absolute Gasteiger partial charge is 0.359 e. The van der Waals surface area contributed by atoms with Gasteiger partial charge >= 0.3 is 0 Å². The molecule has 2 heterocycles. The minimum Gasteiger partial charge on any atom is -0.359 e. The van der Waals surface area contributed by atoms with Gasteiger partial charge in [-0.2, -0.15) is 0 Å².